The Balaban J connectivity index is 1.86. The number of esters is 6. The molecule has 11 atom stereocenters. The van der Waals surface area contributed by atoms with E-state index in [4.69, 9.17) is 47.2 Å². The van der Waals surface area contributed by atoms with Crippen molar-refractivity contribution < 1.29 is 85.4 Å². The minimum absolute atomic E-state index is 0.0239. The Bertz CT molecular complexity index is 1790. The predicted molar refractivity (Wildman–Crippen MR) is 179 cm³/mol. The molecule has 0 aliphatic carbocycles. The highest BCUT2D eigenvalue weighted by atomic mass is 31.1. The second-order valence-corrected chi connectivity index (χ2v) is 12.6. The molecule has 0 aromatic heterocycles. The molecule has 0 N–H and O–H groups in total. The Morgan fingerprint density at radius 2 is 1.16 bits per heavy atom. The fourth-order valence-corrected chi connectivity index (χ4v) is 6.06. The number of carbonyl (C=O) groups is 6. The van der Waals surface area contributed by atoms with Gasteiger partial charge in [-0.1, -0.05) is 41.5 Å². The Kier molecular flexibility index (Phi) is 15.7. The van der Waals surface area contributed by atoms with Crippen molar-refractivity contribution in [2.75, 3.05) is 13.2 Å². The molecule has 0 bridgehead atoms. The highest BCUT2D eigenvalue weighted by molar-refractivity contribution is 7.30. The van der Waals surface area contributed by atoms with E-state index in [2.05, 4.69) is 10.0 Å². The largest absolute Gasteiger partial charge is 0.566 e. The van der Waals surface area contributed by atoms with Gasteiger partial charge in [0, 0.05) is 32.6 Å². The van der Waals surface area contributed by atoms with Crippen LogP contribution in [0.3, 0.4) is 0 Å². The molecule has 22 heteroatoms. The van der Waals surface area contributed by atoms with Gasteiger partial charge in [0.15, 0.2) is 24.6 Å². The Hall–Kier alpha value is -5.53. The molecule has 2 saturated heterocycles. The number of hydrogen-bond acceptors (Lipinski definition) is 19. The fourth-order valence-electron chi connectivity index (χ4n) is 5.71. The molecule has 2 aliphatic heterocycles. The van der Waals surface area contributed by atoms with Gasteiger partial charge >= 0.3 is 44.1 Å². The summed E-state index contributed by atoms with van der Waals surface area (Å²) in [6.45, 7) is 2.65. The van der Waals surface area contributed by atoms with Gasteiger partial charge < -0.3 is 47.5 Å². The number of nitrogens with zero attached hydrogens (tertiary/aromatic N) is 3. The zero-order chi connectivity index (χ0) is 40.9. The topological polar surface area (TPSA) is 284 Å². The van der Waals surface area contributed by atoms with E-state index in [1.54, 1.807) is 24.3 Å². The lowest BCUT2D eigenvalue weighted by Crippen LogP contribution is -2.66. The standard InChI is InChI=1S/C34H36N3O18P/c1-17(38)46-15-23-27(48-18(2)39)29(49-19(3)40)30(50-20(4)41)34(52-23)54-26-24(16-47-31(42)21-11-7-5-8-12-21)51-33(55-56(44)45)25(36-37-35)28(26)53-32(43)22-13-9-6-10-14-22/h5-14,23-30,33-34H,15-16H2,1-4H3/t23-,24-,25+,26-,27+,28-,29+,30-,33-,34+/m1/s1. The molecule has 0 spiro atoms. The first-order valence-corrected chi connectivity index (χ1v) is 17.7. The van der Waals surface area contributed by atoms with E-state index in [-0.39, 0.29) is 11.1 Å². The average molecular weight is 806 g/mol. The van der Waals surface area contributed by atoms with Gasteiger partial charge in [0.2, 0.25) is 6.29 Å². The van der Waals surface area contributed by atoms with Crippen molar-refractivity contribution in [2.45, 2.75) is 89.0 Å². The predicted octanol–water partition coefficient (Wildman–Crippen LogP) is 1.98. The van der Waals surface area contributed by atoms with Crippen LogP contribution in [0.25, 0.3) is 10.4 Å². The molecule has 2 aromatic rings. The van der Waals surface area contributed by atoms with E-state index in [0.29, 0.717) is 0 Å². The SMILES string of the molecule is CC(=O)OC[C@H]1O[C@@H](O[C@H]2[C@H](OC(=O)c3ccccc3)[C@H](N=[N+]=[N-])[C@@H](O[P+](=O)[O-])O[C@@H]2COC(=O)c2ccccc2)[C@H](OC(C)=O)[C@@H](OC(C)=O)[C@H]1OC(C)=O. The lowest BCUT2D eigenvalue weighted by atomic mass is 9.95. The smallest absolute Gasteiger partial charge is 0.491 e. The Morgan fingerprint density at radius 1 is 0.661 bits per heavy atom. The molecule has 21 nitrogen and oxygen atoms in total. The number of ether oxygens (including phenoxy) is 9. The quantitative estimate of drug-likeness (QED) is 0.0621. The summed E-state index contributed by atoms with van der Waals surface area (Å²) in [7, 11) is -3.72. The summed E-state index contributed by atoms with van der Waals surface area (Å²) in [5, 5.41) is 3.58. The van der Waals surface area contributed by atoms with Crippen molar-refractivity contribution in [1.29, 1.82) is 0 Å². The van der Waals surface area contributed by atoms with Gasteiger partial charge in [-0.25, -0.2) is 9.59 Å². The summed E-state index contributed by atoms with van der Waals surface area (Å²) >= 11 is 0. The van der Waals surface area contributed by atoms with Crippen LogP contribution in [-0.2, 0) is 70.9 Å². The molecule has 1 unspecified atom stereocenters. The van der Waals surface area contributed by atoms with E-state index in [1.807, 2.05) is 0 Å². The molecule has 0 saturated carbocycles. The van der Waals surface area contributed by atoms with Crippen LogP contribution >= 0.6 is 8.25 Å². The maximum absolute atomic E-state index is 13.6. The van der Waals surface area contributed by atoms with Crippen LogP contribution in [0.2, 0.25) is 0 Å². The molecule has 0 radical (unpaired) electrons. The minimum atomic E-state index is -3.72. The monoisotopic (exact) mass is 805 g/mol. The van der Waals surface area contributed by atoms with Gasteiger partial charge in [0.1, 0.15) is 43.7 Å². The minimum Gasteiger partial charge on any atom is -0.566 e. The third-order valence-corrected chi connectivity index (χ3v) is 8.25. The maximum Gasteiger partial charge on any atom is 0.491 e. The highest BCUT2D eigenvalue weighted by Crippen LogP contribution is 2.37. The van der Waals surface area contributed by atoms with Gasteiger partial charge in [-0.15, -0.1) is 4.52 Å². The molecule has 56 heavy (non-hydrogen) atoms. The van der Waals surface area contributed by atoms with Gasteiger partial charge in [0.25, 0.3) is 0 Å². The number of hydrogen-bond donors (Lipinski definition) is 0. The van der Waals surface area contributed by atoms with Crippen molar-refractivity contribution in [2.24, 2.45) is 5.11 Å². The molecule has 2 heterocycles. The molecule has 300 valence electrons. The van der Waals surface area contributed by atoms with Crippen molar-refractivity contribution in [3.8, 4) is 0 Å². The first-order chi connectivity index (χ1) is 26.7. The first-order valence-electron chi connectivity index (χ1n) is 16.6. The zero-order valence-electron chi connectivity index (χ0n) is 30.1. The summed E-state index contributed by atoms with van der Waals surface area (Å²) in [5.41, 5.74) is 9.62. The van der Waals surface area contributed by atoms with Crippen molar-refractivity contribution in [3.63, 3.8) is 0 Å². The average Bonchev–Trinajstić information content (AvgIpc) is 3.14. The lowest BCUT2D eigenvalue weighted by molar-refractivity contribution is -0.345. The summed E-state index contributed by atoms with van der Waals surface area (Å²) in [5.74, 6) is -5.57. The molecule has 2 aromatic carbocycles. The van der Waals surface area contributed by atoms with Gasteiger partial charge in [-0.05, 0) is 34.4 Å². The van der Waals surface area contributed by atoms with Crippen LogP contribution in [0.4, 0.5) is 0 Å². The Labute approximate surface area is 318 Å². The number of azide groups is 1. The van der Waals surface area contributed by atoms with E-state index in [0.717, 1.165) is 27.7 Å². The zero-order valence-corrected chi connectivity index (χ0v) is 31.0. The second kappa shape index (κ2) is 20.4. The van der Waals surface area contributed by atoms with E-state index in [1.165, 1.54) is 36.4 Å². The number of benzene rings is 2. The maximum atomic E-state index is 13.6. The van der Waals surface area contributed by atoms with Crippen LogP contribution in [-0.4, -0.2) is 110 Å². The molecule has 4 rings (SSSR count). The summed E-state index contributed by atoms with van der Waals surface area (Å²) < 4.78 is 67.7. The van der Waals surface area contributed by atoms with Gasteiger partial charge in [0.05, 0.1) is 11.1 Å². The summed E-state index contributed by atoms with van der Waals surface area (Å²) in [6.07, 6.45) is -15.9. The third kappa shape index (κ3) is 12.0. The molecular formula is C34H36N3O18P. The van der Waals surface area contributed by atoms with Crippen molar-refractivity contribution >= 4 is 44.1 Å². The van der Waals surface area contributed by atoms with Crippen LogP contribution in [0.15, 0.2) is 65.8 Å². The molecule has 2 aliphatic rings. The lowest BCUT2D eigenvalue weighted by Gasteiger charge is -2.48. The van der Waals surface area contributed by atoms with E-state index < -0.39 is 119 Å². The molecule has 0 amide bonds. The van der Waals surface area contributed by atoms with E-state index >= 15 is 0 Å². The Morgan fingerprint density at radius 3 is 1.70 bits per heavy atom. The summed E-state index contributed by atoms with van der Waals surface area (Å²) in [6, 6.07) is 13.2. The molecular weight excluding hydrogens is 769 g/mol. The molecule has 2 fully saturated rings. The van der Waals surface area contributed by atoms with Crippen LogP contribution in [0.5, 0.6) is 0 Å². The highest BCUT2D eigenvalue weighted by Gasteiger charge is 2.57. The summed E-state index contributed by atoms with van der Waals surface area (Å²) in [4.78, 5) is 90.2. The fraction of sp³-hybridized carbons (Fsp3) is 0.471. The first kappa shape index (κ1) is 43.2. The number of carbonyl (C=O) groups excluding carboxylic acids is 6. The van der Waals surface area contributed by atoms with Crippen molar-refractivity contribution in [3.05, 3.63) is 82.2 Å². The van der Waals surface area contributed by atoms with Gasteiger partial charge in [-0.3, -0.25) is 19.2 Å². The van der Waals surface area contributed by atoms with Crippen LogP contribution in [0, 0.1) is 0 Å². The van der Waals surface area contributed by atoms with Crippen LogP contribution in [0.1, 0.15) is 48.4 Å². The van der Waals surface area contributed by atoms with E-state index in [9.17, 15) is 43.8 Å². The van der Waals surface area contributed by atoms with Gasteiger partial charge in [-0.2, -0.15) is 0 Å². The normalized spacial score (nSPS) is 27.3. The number of rotatable bonds is 15. The van der Waals surface area contributed by atoms with Crippen molar-refractivity contribution in [1.82, 2.24) is 0 Å². The van der Waals surface area contributed by atoms with Crippen LogP contribution < -0.4 is 4.89 Å². The third-order valence-electron chi connectivity index (χ3n) is 7.87. The second-order valence-electron chi connectivity index (χ2n) is 11.9.